The van der Waals surface area contributed by atoms with Gasteiger partial charge in [0.1, 0.15) is 0 Å². The second-order valence-electron chi connectivity index (χ2n) is 7.05. The summed E-state index contributed by atoms with van der Waals surface area (Å²) >= 11 is 0. The molecule has 27 heavy (non-hydrogen) atoms. The summed E-state index contributed by atoms with van der Waals surface area (Å²) in [6.07, 6.45) is 2.56. The zero-order chi connectivity index (χ0) is 19.5. The van der Waals surface area contributed by atoms with E-state index in [1.807, 2.05) is 61.5 Å². The zero-order valence-electron chi connectivity index (χ0n) is 16.1. The van der Waals surface area contributed by atoms with Crippen LogP contribution in [0.25, 0.3) is 0 Å². The van der Waals surface area contributed by atoms with Gasteiger partial charge in [-0.05, 0) is 62.1 Å². The Balaban J connectivity index is 1.65. The van der Waals surface area contributed by atoms with Crippen molar-refractivity contribution in [1.29, 1.82) is 0 Å². The van der Waals surface area contributed by atoms with Crippen molar-refractivity contribution in [3.05, 3.63) is 54.6 Å². The molecule has 2 aromatic rings. The van der Waals surface area contributed by atoms with Gasteiger partial charge in [0, 0.05) is 29.6 Å². The molecule has 6 N–H and O–H groups in total. The minimum absolute atomic E-state index is 0.349. The molecule has 5 heteroatoms. The predicted molar refractivity (Wildman–Crippen MR) is 113 cm³/mol. The molecule has 0 saturated heterocycles. The van der Waals surface area contributed by atoms with E-state index in [1.54, 1.807) is 0 Å². The van der Waals surface area contributed by atoms with E-state index in [-0.39, 0.29) is 6.04 Å². The highest BCUT2D eigenvalue weighted by Crippen LogP contribution is 2.19. The SMILES string of the molecule is CCCC(O)C(N)CC(O)CCCNc1ccc(Nc2ccccc2)cc1. The van der Waals surface area contributed by atoms with Crippen molar-refractivity contribution >= 4 is 17.1 Å². The number of aliphatic hydroxyl groups is 2. The van der Waals surface area contributed by atoms with Crippen molar-refractivity contribution in [3.63, 3.8) is 0 Å². The smallest absolute Gasteiger partial charge is 0.0691 e. The van der Waals surface area contributed by atoms with Crippen molar-refractivity contribution in [1.82, 2.24) is 0 Å². The summed E-state index contributed by atoms with van der Waals surface area (Å²) in [4.78, 5) is 0. The van der Waals surface area contributed by atoms with Gasteiger partial charge in [0.25, 0.3) is 0 Å². The maximum absolute atomic E-state index is 10.1. The van der Waals surface area contributed by atoms with Crippen LogP contribution in [0.15, 0.2) is 54.6 Å². The highest BCUT2D eigenvalue weighted by Gasteiger charge is 2.17. The molecule has 0 aliphatic carbocycles. The Kier molecular flexibility index (Phi) is 9.11. The fourth-order valence-electron chi connectivity index (χ4n) is 3.03. The normalized spacial score (nSPS) is 14.4. The Morgan fingerprint density at radius 2 is 1.52 bits per heavy atom. The first-order valence-corrected chi connectivity index (χ1v) is 9.86. The molecule has 148 valence electrons. The summed E-state index contributed by atoms with van der Waals surface area (Å²) in [7, 11) is 0. The van der Waals surface area contributed by atoms with E-state index in [0.717, 1.165) is 36.4 Å². The number of rotatable bonds is 12. The summed E-state index contributed by atoms with van der Waals surface area (Å²) < 4.78 is 0. The average molecular weight is 372 g/mol. The van der Waals surface area contributed by atoms with Gasteiger partial charge in [-0.25, -0.2) is 0 Å². The molecule has 0 radical (unpaired) electrons. The van der Waals surface area contributed by atoms with Gasteiger partial charge in [-0.15, -0.1) is 0 Å². The lowest BCUT2D eigenvalue weighted by atomic mass is 9.99. The van der Waals surface area contributed by atoms with Crippen LogP contribution in [0.1, 0.15) is 39.0 Å². The number of hydrogen-bond donors (Lipinski definition) is 5. The molecule has 3 atom stereocenters. The Bertz CT molecular complexity index is 634. The van der Waals surface area contributed by atoms with Crippen molar-refractivity contribution in [2.75, 3.05) is 17.2 Å². The number of nitrogens with two attached hydrogens (primary N) is 1. The molecule has 0 heterocycles. The molecule has 2 aromatic carbocycles. The van der Waals surface area contributed by atoms with Crippen LogP contribution in [-0.2, 0) is 0 Å². The largest absolute Gasteiger partial charge is 0.393 e. The number of benzene rings is 2. The van der Waals surface area contributed by atoms with Gasteiger partial charge < -0.3 is 26.6 Å². The van der Waals surface area contributed by atoms with E-state index in [2.05, 4.69) is 10.6 Å². The fourth-order valence-corrected chi connectivity index (χ4v) is 3.03. The van der Waals surface area contributed by atoms with Crippen LogP contribution in [0.2, 0.25) is 0 Å². The van der Waals surface area contributed by atoms with Crippen LogP contribution < -0.4 is 16.4 Å². The molecule has 0 aromatic heterocycles. The average Bonchev–Trinajstić information content (AvgIpc) is 2.67. The molecule has 0 amide bonds. The third-order valence-corrected chi connectivity index (χ3v) is 4.61. The fraction of sp³-hybridized carbons (Fsp3) is 0.455. The van der Waals surface area contributed by atoms with Gasteiger partial charge in [0.15, 0.2) is 0 Å². The third kappa shape index (κ3) is 7.99. The summed E-state index contributed by atoms with van der Waals surface area (Å²) in [5.74, 6) is 0. The van der Waals surface area contributed by atoms with Crippen LogP contribution in [-0.4, -0.2) is 35.0 Å². The maximum atomic E-state index is 10.1. The molecule has 0 aliphatic heterocycles. The Labute approximate surface area is 162 Å². The van der Waals surface area contributed by atoms with Crippen LogP contribution in [0, 0.1) is 0 Å². The summed E-state index contributed by atoms with van der Waals surface area (Å²) in [5, 5.41) is 26.7. The molecule has 0 bridgehead atoms. The van der Waals surface area contributed by atoms with Gasteiger partial charge in [0.2, 0.25) is 0 Å². The number of nitrogens with one attached hydrogen (secondary N) is 2. The first-order chi connectivity index (χ1) is 13.1. The minimum atomic E-state index is -0.522. The van der Waals surface area contributed by atoms with Crippen molar-refractivity contribution < 1.29 is 10.2 Å². The second kappa shape index (κ2) is 11.6. The predicted octanol–water partition coefficient (Wildman–Crippen LogP) is 3.86. The molecule has 5 nitrogen and oxygen atoms in total. The Hall–Kier alpha value is -2.08. The topological polar surface area (TPSA) is 90.5 Å². The molecule has 0 spiro atoms. The second-order valence-corrected chi connectivity index (χ2v) is 7.05. The van der Waals surface area contributed by atoms with Crippen molar-refractivity contribution in [2.24, 2.45) is 5.73 Å². The number of hydrogen-bond acceptors (Lipinski definition) is 5. The van der Waals surface area contributed by atoms with Crippen molar-refractivity contribution in [2.45, 2.75) is 57.3 Å². The van der Waals surface area contributed by atoms with Crippen LogP contribution in [0.4, 0.5) is 17.1 Å². The van der Waals surface area contributed by atoms with Crippen LogP contribution >= 0.6 is 0 Å². The van der Waals surface area contributed by atoms with Gasteiger partial charge in [-0.3, -0.25) is 0 Å². The van der Waals surface area contributed by atoms with Gasteiger partial charge in [-0.1, -0.05) is 31.5 Å². The highest BCUT2D eigenvalue weighted by atomic mass is 16.3. The van der Waals surface area contributed by atoms with E-state index < -0.39 is 12.2 Å². The van der Waals surface area contributed by atoms with E-state index in [0.29, 0.717) is 19.3 Å². The standard InChI is InChI=1S/C22H33N3O2/c1-2-7-22(27)21(23)16-20(26)10-6-15-24-17-11-13-19(14-12-17)25-18-8-4-3-5-9-18/h3-5,8-9,11-14,20-22,24-27H,2,6-7,10,15-16,23H2,1H3. The monoisotopic (exact) mass is 371 g/mol. The molecular weight excluding hydrogens is 338 g/mol. The summed E-state index contributed by atoms with van der Waals surface area (Å²) in [6.45, 7) is 2.80. The lowest BCUT2D eigenvalue weighted by Crippen LogP contribution is -2.37. The third-order valence-electron chi connectivity index (χ3n) is 4.61. The number of anilines is 3. The van der Waals surface area contributed by atoms with Gasteiger partial charge >= 0.3 is 0 Å². The van der Waals surface area contributed by atoms with Crippen molar-refractivity contribution in [3.8, 4) is 0 Å². The van der Waals surface area contributed by atoms with Gasteiger partial charge in [0.05, 0.1) is 12.2 Å². The summed E-state index contributed by atoms with van der Waals surface area (Å²) in [6, 6.07) is 17.9. The minimum Gasteiger partial charge on any atom is -0.393 e. The first-order valence-electron chi connectivity index (χ1n) is 9.86. The highest BCUT2D eigenvalue weighted by molar-refractivity contribution is 5.62. The lowest BCUT2D eigenvalue weighted by molar-refractivity contribution is 0.0854. The van der Waals surface area contributed by atoms with E-state index in [1.165, 1.54) is 0 Å². The molecule has 0 fully saturated rings. The van der Waals surface area contributed by atoms with Crippen LogP contribution in [0.5, 0.6) is 0 Å². The molecule has 0 aliphatic rings. The lowest BCUT2D eigenvalue weighted by Gasteiger charge is -2.21. The van der Waals surface area contributed by atoms with E-state index in [9.17, 15) is 10.2 Å². The van der Waals surface area contributed by atoms with E-state index >= 15 is 0 Å². The van der Waals surface area contributed by atoms with E-state index in [4.69, 9.17) is 5.73 Å². The van der Waals surface area contributed by atoms with Crippen LogP contribution in [0.3, 0.4) is 0 Å². The number of aliphatic hydroxyl groups excluding tert-OH is 2. The summed E-state index contributed by atoms with van der Waals surface area (Å²) in [5.41, 5.74) is 9.10. The quantitative estimate of drug-likeness (QED) is 0.366. The molecule has 2 rings (SSSR count). The first kappa shape index (κ1) is 21.2. The Morgan fingerprint density at radius 3 is 2.19 bits per heavy atom. The molecule has 0 saturated carbocycles. The molecule has 3 unspecified atom stereocenters. The maximum Gasteiger partial charge on any atom is 0.0691 e. The zero-order valence-corrected chi connectivity index (χ0v) is 16.1. The Morgan fingerprint density at radius 1 is 0.889 bits per heavy atom. The van der Waals surface area contributed by atoms with Gasteiger partial charge in [-0.2, -0.15) is 0 Å². The number of para-hydroxylation sites is 1. The molecular formula is C22H33N3O2.